The molecule has 2 N–H and O–H groups in total. The van der Waals surface area contributed by atoms with Crippen LogP contribution in [0, 0.1) is 25.1 Å². The molecule has 2 rings (SSSR count). The van der Waals surface area contributed by atoms with Crippen LogP contribution in [0.3, 0.4) is 0 Å². The maximum atomic E-state index is 14.1. The van der Waals surface area contributed by atoms with Crippen LogP contribution in [0.1, 0.15) is 5.56 Å². The Morgan fingerprint density at radius 3 is 2.52 bits per heavy atom. The van der Waals surface area contributed by atoms with E-state index in [9.17, 15) is 12.8 Å². The van der Waals surface area contributed by atoms with E-state index in [-0.39, 0.29) is 29.2 Å². The highest BCUT2D eigenvalue weighted by Gasteiger charge is 2.31. The number of terminal acetylenes is 1. The molecule has 1 aromatic rings. The van der Waals surface area contributed by atoms with Gasteiger partial charge in [-0.1, -0.05) is 5.92 Å². The molecule has 0 amide bonds. The number of benzene rings is 1. The molecule has 0 aromatic heterocycles. The van der Waals surface area contributed by atoms with E-state index in [2.05, 4.69) is 5.92 Å². The number of halogens is 1. The molecule has 7 heteroatoms. The molecule has 0 unspecified atom stereocenters. The molecule has 0 aliphatic carbocycles. The topological polar surface area (TPSA) is 66.6 Å². The molecule has 0 radical (unpaired) electrons. The number of nitrogens with zero attached hydrogens (tertiary/aromatic N) is 2. The quantitative estimate of drug-likeness (QED) is 0.658. The van der Waals surface area contributed by atoms with Crippen LogP contribution in [0.4, 0.5) is 10.1 Å². The Hall–Kier alpha value is -1.62. The number of aryl methyl sites for hydroxylation is 1. The first-order valence-corrected chi connectivity index (χ1v) is 8.02. The first-order valence-electron chi connectivity index (χ1n) is 6.58. The number of nitrogens with two attached hydrogens (primary N) is 1. The second kappa shape index (κ2) is 6.02. The SMILES string of the molecule is C#CCN1CCN(S(=O)(=O)c2cc(N)cc(C)c2F)CC1. The van der Waals surface area contributed by atoms with Crippen molar-refractivity contribution < 1.29 is 12.8 Å². The fourth-order valence-corrected chi connectivity index (χ4v) is 3.94. The van der Waals surface area contributed by atoms with Gasteiger partial charge in [-0.2, -0.15) is 4.31 Å². The molecule has 1 aliphatic heterocycles. The van der Waals surface area contributed by atoms with Gasteiger partial charge >= 0.3 is 0 Å². The van der Waals surface area contributed by atoms with Gasteiger partial charge in [0.25, 0.3) is 0 Å². The monoisotopic (exact) mass is 311 g/mol. The lowest BCUT2D eigenvalue weighted by molar-refractivity contribution is 0.206. The normalized spacial score (nSPS) is 17.6. The minimum absolute atomic E-state index is 0.222. The molecular formula is C14H18FN3O2S. The molecule has 1 aromatic carbocycles. The number of rotatable bonds is 3. The lowest BCUT2D eigenvalue weighted by atomic mass is 10.2. The lowest BCUT2D eigenvalue weighted by Crippen LogP contribution is -2.48. The largest absolute Gasteiger partial charge is 0.399 e. The molecule has 21 heavy (non-hydrogen) atoms. The van der Waals surface area contributed by atoms with Crippen molar-refractivity contribution in [3.63, 3.8) is 0 Å². The molecular weight excluding hydrogens is 293 g/mol. The van der Waals surface area contributed by atoms with Crippen molar-refractivity contribution in [2.75, 3.05) is 38.5 Å². The van der Waals surface area contributed by atoms with Crippen molar-refractivity contribution in [2.24, 2.45) is 0 Å². The summed E-state index contributed by atoms with van der Waals surface area (Å²) < 4.78 is 40.5. The van der Waals surface area contributed by atoms with Gasteiger partial charge in [-0.25, -0.2) is 12.8 Å². The van der Waals surface area contributed by atoms with Gasteiger partial charge in [0.05, 0.1) is 6.54 Å². The number of sulfonamides is 1. The van der Waals surface area contributed by atoms with Crippen LogP contribution in [0.2, 0.25) is 0 Å². The van der Waals surface area contributed by atoms with E-state index in [0.717, 1.165) is 0 Å². The van der Waals surface area contributed by atoms with Gasteiger partial charge in [0.15, 0.2) is 0 Å². The maximum Gasteiger partial charge on any atom is 0.246 e. The van der Waals surface area contributed by atoms with Crippen LogP contribution in [0.25, 0.3) is 0 Å². The summed E-state index contributed by atoms with van der Waals surface area (Å²) in [6, 6.07) is 2.59. The van der Waals surface area contributed by atoms with Crippen LogP contribution in [0.5, 0.6) is 0 Å². The van der Waals surface area contributed by atoms with Crippen molar-refractivity contribution in [3.8, 4) is 12.3 Å². The second-order valence-corrected chi connectivity index (χ2v) is 6.94. The number of piperazine rings is 1. The molecule has 0 spiro atoms. The lowest BCUT2D eigenvalue weighted by Gasteiger charge is -2.33. The fourth-order valence-electron chi connectivity index (χ4n) is 2.35. The van der Waals surface area contributed by atoms with Gasteiger partial charge in [-0.05, 0) is 24.6 Å². The molecule has 1 fully saturated rings. The first-order chi connectivity index (χ1) is 9.86. The molecule has 0 bridgehead atoms. The Balaban J connectivity index is 2.26. The van der Waals surface area contributed by atoms with Crippen LogP contribution in [-0.2, 0) is 10.0 Å². The average molecular weight is 311 g/mol. The molecule has 114 valence electrons. The van der Waals surface area contributed by atoms with Gasteiger partial charge in [-0.3, -0.25) is 4.90 Å². The third-order valence-corrected chi connectivity index (χ3v) is 5.41. The van der Waals surface area contributed by atoms with E-state index in [1.165, 1.54) is 23.4 Å². The van der Waals surface area contributed by atoms with E-state index in [1.54, 1.807) is 0 Å². The predicted octanol–water partition coefficient (Wildman–Crippen LogP) is 0.656. The highest BCUT2D eigenvalue weighted by atomic mass is 32.2. The Bertz CT molecular complexity index is 674. The summed E-state index contributed by atoms with van der Waals surface area (Å²) in [6.07, 6.45) is 5.24. The summed E-state index contributed by atoms with van der Waals surface area (Å²) in [6.45, 7) is 3.63. The van der Waals surface area contributed by atoms with Gasteiger partial charge < -0.3 is 5.73 Å². The van der Waals surface area contributed by atoms with Gasteiger partial charge in [0, 0.05) is 31.9 Å². The number of hydrogen-bond acceptors (Lipinski definition) is 4. The molecule has 1 saturated heterocycles. The summed E-state index contributed by atoms with van der Waals surface area (Å²) in [5, 5.41) is 0. The minimum Gasteiger partial charge on any atom is -0.399 e. The molecule has 1 aliphatic rings. The van der Waals surface area contributed by atoms with Crippen molar-refractivity contribution in [2.45, 2.75) is 11.8 Å². The molecule has 0 atom stereocenters. The van der Waals surface area contributed by atoms with E-state index in [0.29, 0.717) is 19.6 Å². The predicted molar refractivity (Wildman–Crippen MR) is 79.6 cm³/mol. The van der Waals surface area contributed by atoms with Crippen molar-refractivity contribution in [1.82, 2.24) is 9.21 Å². The number of hydrogen-bond donors (Lipinski definition) is 1. The second-order valence-electron chi connectivity index (χ2n) is 5.03. The standard InChI is InChI=1S/C14H18FN3O2S/c1-3-4-17-5-7-18(8-6-17)21(19,20)13-10-12(16)9-11(2)14(13)15/h1,9-10H,4-8,16H2,2H3. The van der Waals surface area contributed by atoms with Gasteiger partial charge in [0.1, 0.15) is 10.7 Å². The summed E-state index contributed by atoms with van der Waals surface area (Å²) in [4.78, 5) is 1.62. The maximum absolute atomic E-state index is 14.1. The summed E-state index contributed by atoms with van der Waals surface area (Å²) >= 11 is 0. The third kappa shape index (κ3) is 3.18. The molecule has 1 heterocycles. The fraction of sp³-hybridized carbons (Fsp3) is 0.429. The third-order valence-electron chi connectivity index (χ3n) is 3.51. The minimum atomic E-state index is -3.88. The zero-order valence-electron chi connectivity index (χ0n) is 11.8. The highest BCUT2D eigenvalue weighted by molar-refractivity contribution is 7.89. The van der Waals surface area contributed by atoms with E-state index >= 15 is 0 Å². The van der Waals surface area contributed by atoms with Gasteiger partial charge in [-0.15, -0.1) is 6.42 Å². The zero-order valence-corrected chi connectivity index (χ0v) is 12.7. The smallest absolute Gasteiger partial charge is 0.246 e. The number of nitrogen functional groups attached to an aromatic ring is 1. The van der Waals surface area contributed by atoms with E-state index in [4.69, 9.17) is 12.2 Å². The highest BCUT2D eigenvalue weighted by Crippen LogP contribution is 2.25. The van der Waals surface area contributed by atoms with E-state index < -0.39 is 15.8 Å². The Morgan fingerprint density at radius 1 is 1.33 bits per heavy atom. The summed E-state index contributed by atoms with van der Waals surface area (Å²) in [7, 11) is -3.88. The molecule has 0 saturated carbocycles. The Kier molecular flexibility index (Phi) is 4.52. The number of anilines is 1. The summed E-state index contributed by atoms with van der Waals surface area (Å²) in [5.41, 5.74) is 6.09. The van der Waals surface area contributed by atoms with Crippen LogP contribution in [-0.4, -0.2) is 50.3 Å². The Labute approximate surface area is 124 Å². The first kappa shape index (κ1) is 15.8. The van der Waals surface area contributed by atoms with Gasteiger partial charge in [0.2, 0.25) is 10.0 Å². The van der Waals surface area contributed by atoms with Crippen molar-refractivity contribution in [3.05, 3.63) is 23.5 Å². The van der Waals surface area contributed by atoms with Crippen molar-refractivity contribution in [1.29, 1.82) is 0 Å². The van der Waals surface area contributed by atoms with E-state index in [1.807, 2.05) is 4.90 Å². The van der Waals surface area contributed by atoms with Crippen molar-refractivity contribution >= 4 is 15.7 Å². The zero-order chi connectivity index (χ0) is 15.6. The average Bonchev–Trinajstić information content (AvgIpc) is 2.43. The Morgan fingerprint density at radius 2 is 1.95 bits per heavy atom. The van der Waals surface area contributed by atoms with Crippen LogP contribution < -0.4 is 5.73 Å². The summed E-state index contributed by atoms with van der Waals surface area (Å²) in [5.74, 6) is 1.79. The molecule has 5 nitrogen and oxygen atoms in total. The van der Waals surface area contributed by atoms with Crippen LogP contribution >= 0.6 is 0 Å². The van der Waals surface area contributed by atoms with Crippen LogP contribution in [0.15, 0.2) is 17.0 Å².